The van der Waals surface area contributed by atoms with Crippen LogP contribution in [0.1, 0.15) is 24.1 Å². The molecule has 13 heteroatoms. The van der Waals surface area contributed by atoms with Crippen molar-refractivity contribution in [3.05, 3.63) is 51.7 Å². The number of aromatic nitrogens is 3. The fourth-order valence-corrected chi connectivity index (χ4v) is 3.65. The third-order valence-corrected chi connectivity index (χ3v) is 5.46. The molecule has 1 fully saturated rings. The molecule has 1 aliphatic rings. The Morgan fingerprint density at radius 1 is 1.18 bits per heavy atom. The molecule has 34 heavy (non-hydrogen) atoms. The quantitative estimate of drug-likeness (QED) is 0.401. The number of rotatable bonds is 6. The van der Waals surface area contributed by atoms with Gasteiger partial charge in [-0.3, -0.25) is 10.1 Å². The number of non-ortho nitro benzene ring substituents is 1. The summed E-state index contributed by atoms with van der Waals surface area (Å²) in [4.78, 5) is 25.8. The minimum absolute atomic E-state index is 0.0988. The van der Waals surface area contributed by atoms with Gasteiger partial charge in [-0.1, -0.05) is 0 Å². The lowest BCUT2D eigenvalue weighted by Crippen LogP contribution is -2.36. The van der Waals surface area contributed by atoms with E-state index in [-0.39, 0.29) is 11.5 Å². The Labute approximate surface area is 192 Å². The van der Waals surface area contributed by atoms with E-state index in [9.17, 15) is 23.3 Å². The molecule has 3 heterocycles. The van der Waals surface area contributed by atoms with Gasteiger partial charge < -0.3 is 20.3 Å². The molecule has 2 N–H and O–H groups in total. The van der Waals surface area contributed by atoms with E-state index in [0.29, 0.717) is 54.9 Å². The molecule has 1 aliphatic heterocycles. The summed E-state index contributed by atoms with van der Waals surface area (Å²) in [7, 11) is 1.64. The molecular formula is C21H22F3N7O3. The number of nitrogens with one attached hydrogen (secondary N) is 2. The number of hydrogen-bond acceptors (Lipinski definition) is 9. The molecule has 4 rings (SSSR count). The lowest BCUT2D eigenvalue weighted by atomic mass is 10.0. The van der Waals surface area contributed by atoms with Crippen molar-refractivity contribution in [1.29, 1.82) is 0 Å². The molecule has 2 aromatic heterocycles. The zero-order valence-electron chi connectivity index (χ0n) is 18.4. The summed E-state index contributed by atoms with van der Waals surface area (Å²) >= 11 is 0. The monoisotopic (exact) mass is 477 g/mol. The second-order valence-electron chi connectivity index (χ2n) is 7.74. The number of alkyl halides is 3. The molecule has 1 aromatic carbocycles. The van der Waals surface area contributed by atoms with Crippen molar-refractivity contribution in [2.75, 3.05) is 48.9 Å². The predicted octanol–water partition coefficient (Wildman–Crippen LogP) is 4.00. The summed E-state index contributed by atoms with van der Waals surface area (Å²) in [5, 5.41) is 17.8. The summed E-state index contributed by atoms with van der Waals surface area (Å²) in [6.07, 6.45) is -3.12. The minimum atomic E-state index is -4.72. The van der Waals surface area contributed by atoms with E-state index < -0.39 is 28.4 Å². The first-order valence-corrected chi connectivity index (χ1v) is 10.5. The maximum Gasteiger partial charge on any atom is 0.416 e. The van der Waals surface area contributed by atoms with Crippen molar-refractivity contribution >= 4 is 34.2 Å². The van der Waals surface area contributed by atoms with Gasteiger partial charge in [0.2, 0.25) is 5.95 Å². The number of nitro groups is 1. The Bertz CT molecular complexity index is 1220. The van der Waals surface area contributed by atoms with Crippen LogP contribution >= 0.6 is 0 Å². The average molecular weight is 477 g/mol. The first-order chi connectivity index (χ1) is 16.2. The Kier molecular flexibility index (Phi) is 6.37. The molecule has 0 bridgehead atoms. The molecule has 0 radical (unpaired) electrons. The second-order valence-corrected chi connectivity index (χ2v) is 7.74. The maximum absolute atomic E-state index is 13.3. The van der Waals surface area contributed by atoms with Crippen molar-refractivity contribution in [3.8, 4) is 0 Å². The highest BCUT2D eigenvalue weighted by Gasteiger charge is 2.33. The van der Waals surface area contributed by atoms with Crippen LogP contribution in [0.15, 0.2) is 30.5 Å². The molecule has 0 spiro atoms. The van der Waals surface area contributed by atoms with Crippen LogP contribution in [0.25, 0.3) is 10.9 Å². The fourth-order valence-electron chi connectivity index (χ4n) is 3.65. The number of morpholine rings is 1. The van der Waals surface area contributed by atoms with Gasteiger partial charge in [-0.2, -0.15) is 18.2 Å². The van der Waals surface area contributed by atoms with Crippen molar-refractivity contribution in [2.24, 2.45) is 0 Å². The molecule has 180 valence electrons. The largest absolute Gasteiger partial charge is 0.416 e. The van der Waals surface area contributed by atoms with Gasteiger partial charge in [-0.05, 0) is 24.6 Å². The summed E-state index contributed by atoms with van der Waals surface area (Å²) in [5.41, 5.74) is -1.10. The van der Waals surface area contributed by atoms with Crippen LogP contribution in [0.2, 0.25) is 0 Å². The number of benzene rings is 1. The van der Waals surface area contributed by atoms with E-state index in [1.165, 1.54) is 0 Å². The van der Waals surface area contributed by atoms with Gasteiger partial charge in [0.05, 0.1) is 41.5 Å². The Balaban J connectivity index is 1.74. The first kappa shape index (κ1) is 23.4. The molecule has 10 nitrogen and oxygen atoms in total. The van der Waals surface area contributed by atoms with Gasteiger partial charge in [0.15, 0.2) is 0 Å². The van der Waals surface area contributed by atoms with Crippen molar-refractivity contribution in [2.45, 2.75) is 19.1 Å². The molecular weight excluding hydrogens is 455 g/mol. The Morgan fingerprint density at radius 3 is 2.56 bits per heavy atom. The van der Waals surface area contributed by atoms with Crippen LogP contribution in [0, 0.1) is 10.1 Å². The topological polar surface area (TPSA) is 118 Å². The van der Waals surface area contributed by atoms with E-state index in [2.05, 4.69) is 30.5 Å². The number of pyridine rings is 1. The van der Waals surface area contributed by atoms with E-state index in [1.807, 2.05) is 6.07 Å². The molecule has 0 saturated carbocycles. The number of fused-ring (bicyclic) bond motifs is 1. The van der Waals surface area contributed by atoms with Crippen molar-refractivity contribution in [1.82, 2.24) is 15.0 Å². The van der Waals surface area contributed by atoms with Crippen molar-refractivity contribution < 1.29 is 22.8 Å². The Morgan fingerprint density at radius 2 is 1.91 bits per heavy atom. The highest BCUT2D eigenvalue weighted by atomic mass is 19.4. The first-order valence-electron chi connectivity index (χ1n) is 10.5. The number of hydrogen-bond donors (Lipinski definition) is 2. The SMILES string of the molecule is CNc1nc(NC(C)c2cc([N+](=O)[O-])cc(C(F)(F)F)c2)c2cc(N3CCOCC3)ncc2n1. The van der Waals surface area contributed by atoms with Crippen LogP contribution in [-0.2, 0) is 10.9 Å². The van der Waals surface area contributed by atoms with Crippen LogP contribution < -0.4 is 15.5 Å². The third kappa shape index (κ3) is 4.93. The summed E-state index contributed by atoms with van der Waals surface area (Å²) in [6, 6.07) is 3.62. The average Bonchev–Trinajstić information content (AvgIpc) is 2.83. The second kappa shape index (κ2) is 9.25. The minimum Gasteiger partial charge on any atom is -0.378 e. The standard InChI is InChI=1S/C21H22F3N7O3/c1-12(13-7-14(21(22,23)24)9-15(8-13)31(32)33)27-19-16-10-18(30-3-5-34-6-4-30)26-11-17(16)28-20(25-2)29-19/h7-12H,3-6H2,1-2H3,(H2,25,27,28,29). The summed E-state index contributed by atoms with van der Waals surface area (Å²) < 4.78 is 45.4. The molecule has 1 atom stereocenters. The number of nitrogens with zero attached hydrogens (tertiary/aromatic N) is 5. The third-order valence-electron chi connectivity index (χ3n) is 5.46. The van der Waals surface area contributed by atoms with Crippen LogP contribution in [0.3, 0.4) is 0 Å². The van der Waals surface area contributed by atoms with Crippen LogP contribution in [0.5, 0.6) is 0 Å². The van der Waals surface area contributed by atoms with E-state index in [0.717, 1.165) is 12.1 Å². The maximum atomic E-state index is 13.3. The van der Waals surface area contributed by atoms with Gasteiger partial charge in [0.25, 0.3) is 5.69 Å². The van der Waals surface area contributed by atoms with Crippen LogP contribution in [-0.4, -0.2) is 53.2 Å². The van der Waals surface area contributed by atoms with Gasteiger partial charge in [0.1, 0.15) is 11.6 Å². The lowest BCUT2D eigenvalue weighted by molar-refractivity contribution is -0.385. The highest BCUT2D eigenvalue weighted by Crippen LogP contribution is 2.35. The summed E-state index contributed by atoms with van der Waals surface area (Å²) in [6.45, 7) is 4.09. The molecule has 1 saturated heterocycles. The Hall–Kier alpha value is -3.74. The summed E-state index contributed by atoms with van der Waals surface area (Å²) in [5.74, 6) is 1.35. The fraction of sp³-hybridized carbons (Fsp3) is 0.381. The normalized spacial score (nSPS) is 15.3. The number of ether oxygens (including phenoxy) is 1. The zero-order chi connectivity index (χ0) is 24.5. The number of anilines is 3. The van der Waals surface area contributed by atoms with Gasteiger partial charge in [-0.15, -0.1) is 0 Å². The number of halogens is 3. The van der Waals surface area contributed by atoms with E-state index in [4.69, 9.17) is 4.74 Å². The smallest absolute Gasteiger partial charge is 0.378 e. The van der Waals surface area contributed by atoms with Crippen LogP contribution in [0.4, 0.5) is 36.4 Å². The van der Waals surface area contributed by atoms with Gasteiger partial charge in [-0.25, -0.2) is 9.97 Å². The molecule has 3 aromatic rings. The zero-order valence-corrected chi connectivity index (χ0v) is 18.4. The molecule has 1 unspecified atom stereocenters. The predicted molar refractivity (Wildman–Crippen MR) is 120 cm³/mol. The van der Waals surface area contributed by atoms with E-state index in [1.54, 1.807) is 20.2 Å². The lowest BCUT2D eigenvalue weighted by Gasteiger charge is -2.28. The molecule has 0 amide bonds. The molecule has 0 aliphatic carbocycles. The van der Waals surface area contributed by atoms with E-state index >= 15 is 0 Å². The highest BCUT2D eigenvalue weighted by molar-refractivity contribution is 5.91. The van der Waals surface area contributed by atoms with Gasteiger partial charge >= 0.3 is 6.18 Å². The number of nitro benzene ring substituents is 1. The van der Waals surface area contributed by atoms with Gasteiger partial charge in [0, 0.05) is 37.7 Å². The van der Waals surface area contributed by atoms with Crippen molar-refractivity contribution in [3.63, 3.8) is 0 Å².